The molecule has 2 fully saturated rings. The van der Waals surface area contributed by atoms with Gasteiger partial charge in [0.05, 0.1) is 13.2 Å². The standard InChI is InChI=1S/C23H27FN2O3.C23H29FN2O3/c24-20-3-5-21(6-4-20)28-16-14-25-10-12-26(13-11-25)23(27)8-2-18-1-7-22-19(17-18)9-15-29-22;1-2-28-21-8-3-19(4-9-21)5-12-23(27)26-15-13-25(14-16-26)17-18-29-22-10-6-20(24)7-11-22/h1,3-7,17H,2,8-16H2;3-4,6-11H,2,5,12-18H2,1H3. The van der Waals surface area contributed by atoms with Gasteiger partial charge in [0.15, 0.2) is 0 Å². The summed E-state index contributed by atoms with van der Waals surface area (Å²) < 4.78 is 48.1. The Balaban J connectivity index is 0.000000196. The highest BCUT2D eigenvalue weighted by Crippen LogP contribution is 2.26. The smallest absolute Gasteiger partial charge is 0.222 e. The minimum absolute atomic E-state index is 0.209. The molecule has 3 aliphatic heterocycles. The van der Waals surface area contributed by atoms with E-state index in [1.165, 1.54) is 35.4 Å². The number of benzene rings is 4. The Hall–Kier alpha value is -5.20. The third-order valence-corrected chi connectivity index (χ3v) is 10.7. The van der Waals surface area contributed by atoms with Crippen molar-refractivity contribution in [1.29, 1.82) is 0 Å². The zero-order chi connectivity index (χ0) is 40.5. The van der Waals surface area contributed by atoms with Gasteiger partial charge in [0.2, 0.25) is 11.8 Å². The molecule has 0 unspecified atom stereocenters. The van der Waals surface area contributed by atoms with Gasteiger partial charge in [-0.3, -0.25) is 19.4 Å². The Labute approximate surface area is 341 Å². The van der Waals surface area contributed by atoms with Gasteiger partial charge >= 0.3 is 0 Å². The lowest BCUT2D eigenvalue weighted by atomic mass is 10.0. The molecule has 0 N–H and O–H groups in total. The maximum atomic E-state index is 12.9. The zero-order valence-corrected chi connectivity index (χ0v) is 33.6. The van der Waals surface area contributed by atoms with Crippen molar-refractivity contribution < 1.29 is 37.3 Å². The first kappa shape index (κ1) is 42.4. The number of carbonyl (C=O) groups excluding carboxylic acids is 2. The van der Waals surface area contributed by atoms with Crippen LogP contribution in [-0.4, -0.2) is 123 Å². The number of hydrogen-bond donors (Lipinski definition) is 0. The molecule has 0 saturated carbocycles. The van der Waals surface area contributed by atoms with Gasteiger partial charge in [0.1, 0.15) is 47.8 Å². The molecule has 0 atom stereocenters. The van der Waals surface area contributed by atoms with Crippen molar-refractivity contribution in [3.8, 4) is 23.0 Å². The fourth-order valence-corrected chi connectivity index (χ4v) is 7.22. The van der Waals surface area contributed by atoms with Crippen molar-refractivity contribution in [2.24, 2.45) is 0 Å². The third kappa shape index (κ3) is 13.4. The van der Waals surface area contributed by atoms with E-state index in [9.17, 15) is 18.4 Å². The van der Waals surface area contributed by atoms with E-state index in [1.54, 1.807) is 24.3 Å². The molecule has 2 saturated heterocycles. The first-order valence-electron chi connectivity index (χ1n) is 20.5. The van der Waals surface area contributed by atoms with E-state index in [1.807, 2.05) is 47.1 Å². The Morgan fingerprint density at radius 3 is 1.53 bits per heavy atom. The molecule has 310 valence electrons. The summed E-state index contributed by atoms with van der Waals surface area (Å²) in [4.78, 5) is 33.6. The highest BCUT2D eigenvalue weighted by atomic mass is 19.1. The summed E-state index contributed by atoms with van der Waals surface area (Å²) in [5, 5.41) is 0. The van der Waals surface area contributed by atoms with Crippen molar-refractivity contribution in [1.82, 2.24) is 19.6 Å². The molecule has 2 amide bonds. The third-order valence-electron chi connectivity index (χ3n) is 10.7. The normalized spacial score (nSPS) is 15.5. The number of rotatable bonds is 16. The molecule has 0 radical (unpaired) electrons. The number of piperazine rings is 2. The topological polar surface area (TPSA) is 84.0 Å². The lowest BCUT2D eigenvalue weighted by molar-refractivity contribution is -0.133. The van der Waals surface area contributed by atoms with Crippen LogP contribution in [0.3, 0.4) is 0 Å². The maximum absolute atomic E-state index is 12.9. The zero-order valence-electron chi connectivity index (χ0n) is 33.6. The minimum atomic E-state index is -0.263. The second kappa shape index (κ2) is 22.1. The Bertz CT molecular complexity index is 1860. The fraction of sp³-hybridized carbons (Fsp3) is 0.435. The average molecular weight is 799 g/mol. The number of nitrogens with zero attached hydrogens (tertiary/aromatic N) is 4. The van der Waals surface area contributed by atoms with Crippen LogP contribution in [0.4, 0.5) is 8.78 Å². The second-order valence-electron chi connectivity index (χ2n) is 14.7. The van der Waals surface area contributed by atoms with E-state index >= 15 is 0 Å². The number of aryl methyl sites for hydroxylation is 2. The van der Waals surface area contributed by atoms with Crippen LogP contribution in [0.2, 0.25) is 0 Å². The molecule has 3 heterocycles. The second-order valence-corrected chi connectivity index (χ2v) is 14.7. The molecule has 10 nitrogen and oxygen atoms in total. The molecule has 0 bridgehead atoms. The monoisotopic (exact) mass is 798 g/mol. The molecule has 0 spiro atoms. The molecular formula is C46H56F2N4O6. The van der Waals surface area contributed by atoms with Crippen molar-refractivity contribution in [3.05, 3.63) is 119 Å². The van der Waals surface area contributed by atoms with E-state index in [2.05, 4.69) is 21.9 Å². The van der Waals surface area contributed by atoms with Crippen LogP contribution in [0.5, 0.6) is 23.0 Å². The van der Waals surface area contributed by atoms with Crippen molar-refractivity contribution in [2.45, 2.75) is 39.0 Å². The molecular weight excluding hydrogens is 743 g/mol. The minimum Gasteiger partial charge on any atom is -0.494 e. The molecule has 0 aliphatic carbocycles. The summed E-state index contributed by atoms with van der Waals surface area (Å²) in [6, 6.07) is 26.4. The highest BCUT2D eigenvalue weighted by Gasteiger charge is 2.22. The summed E-state index contributed by atoms with van der Waals surface area (Å²) >= 11 is 0. The van der Waals surface area contributed by atoms with E-state index in [-0.39, 0.29) is 23.4 Å². The maximum Gasteiger partial charge on any atom is 0.222 e. The first-order chi connectivity index (χ1) is 28.3. The van der Waals surface area contributed by atoms with Crippen LogP contribution in [0, 0.1) is 11.6 Å². The lowest BCUT2D eigenvalue weighted by Gasteiger charge is -2.34. The van der Waals surface area contributed by atoms with E-state index in [4.69, 9.17) is 18.9 Å². The number of amides is 2. The molecule has 7 rings (SSSR count). The molecule has 3 aliphatic rings. The quantitative estimate of drug-likeness (QED) is 0.131. The number of hydrogen-bond acceptors (Lipinski definition) is 8. The molecule has 0 aromatic heterocycles. The number of halogens is 2. The van der Waals surface area contributed by atoms with Gasteiger partial charge in [-0.2, -0.15) is 0 Å². The van der Waals surface area contributed by atoms with Gasteiger partial charge in [0.25, 0.3) is 0 Å². The fourth-order valence-electron chi connectivity index (χ4n) is 7.22. The number of fused-ring (bicyclic) bond motifs is 1. The van der Waals surface area contributed by atoms with Crippen LogP contribution in [0.15, 0.2) is 91.0 Å². The van der Waals surface area contributed by atoms with Crippen LogP contribution in [-0.2, 0) is 28.9 Å². The Morgan fingerprint density at radius 2 is 1.03 bits per heavy atom. The molecule has 4 aromatic carbocycles. The van der Waals surface area contributed by atoms with Crippen LogP contribution in [0.25, 0.3) is 0 Å². The van der Waals surface area contributed by atoms with Gasteiger partial charge in [-0.15, -0.1) is 0 Å². The number of ether oxygens (including phenoxy) is 4. The van der Waals surface area contributed by atoms with Crippen molar-refractivity contribution >= 4 is 11.8 Å². The summed E-state index contributed by atoms with van der Waals surface area (Å²) in [6.45, 7) is 12.5. The molecule has 12 heteroatoms. The van der Waals surface area contributed by atoms with Gasteiger partial charge in [-0.1, -0.05) is 24.3 Å². The summed E-state index contributed by atoms with van der Waals surface area (Å²) in [7, 11) is 0. The highest BCUT2D eigenvalue weighted by molar-refractivity contribution is 5.77. The predicted octanol–water partition coefficient (Wildman–Crippen LogP) is 6.30. The first-order valence-corrected chi connectivity index (χ1v) is 20.5. The van der Waals surface area contributed by atoms with Gasteiger partial charge in [-0.05, 0) is 103 Å². The number of carbonyl (C=O) groups is 2. The van der Waals surface area contributed by atoms with Crippen LogP contribution >= 0.6 is 0 Å². The summed E-state index contributed by atoms with van der Waals surface area (Å²) in [5.74, 6) is 3.11. The van der Waals surface area contributed by atoms with Crippen molar-refractivity contribution in [2.75, 3.05) is 91.9 Å². The summed E-state index contributed by atoms with van der Waals surface area (Å²) in [6.07, 6.45) is 3.56. The lowest BCUT2D eigenvalue weighted by Crippen LogP contribution is -2.49. The SMILES string of the molecule is CCOc1ccc(CCC(=O)N2CCN(CCOc3ccc(F)cc3)CC2)cc1.O=C(CCc1ccc2c(c1)CCO2)N1CCN(CCOc2ccc(F)cc2)CC1. The Kier molecular flexibility index (Phi) is 16.1. The van der Waals surface area contributed by atoms with Crippen LogP contribution < -0.4 is 18.9 Å². The van der Waals surface area contributed by atoms with E-state index in [0.717, 1.165) is 108 Å². The summed E-state index contributed by atoms with van der Waals surface area (Å²) in [5.41, 5.74) is 3.61. The van der Waals surface area contributed by atoms with Crippen molar-refractivity contribution in [3.63, 3.8) is 0 Å². The largest absolute Gasteiger partial charge is 0.494 e. The van der Waals surface area contributed by atoms with Crippen LogP contribution in [0.1, 0.15) is 36.5 Å². The van der Waals surface area contributed by atoms with Gasteiger partial charge < -0.3 is 28.7 Å². The van der Waals surface area contributed by atoms with Gasteiger partial charge in [0, 0.05) is 84.7 Å². The average Bonchev–Trinajstić information content (AvgIpc) is 3.73. The Morgan fingerprint density at radius 1 is 0.586 bits per heavy atom. The predicted molar refractivity (Wildman–Crippen MR) is 220 cm³/mol. The molecule has 4 aromatic rings. The van der Waals surface area contributed by atoms with Gasteiger partial charge in [-0.25, -0.2) is 8.78 Å². The molecule has 58 heavy (non-hydrogen) atoms. The van der Waals surface area contributed by atoms with E-state index in [0.29, 0.717) is 44.2 Å². The van der Waals surface area contributed by atoms with E-state index < -0.39 is 0 Å².